The highest BCUT2D eigenvalue weighted by Gasteiger charge is 2.12. The lowest BCUT2D eigenvalue weighted by atomic mass is 10.0. The minimum atomic E-state index is -0.0102. The number of aryl methyl sites for hydroxylation is 2. The van der Waals surface area contributed by atoms with Gasteiger partial charge in [-0.1, -0.05) is 35.0 Å². The van der Waals surface area contributed by atoms with Crippen LogP contribution >= 0.6 is 15.9 Å². The molecule has 1 aromatic carbocycles. The van der Waals surface area contributed by atoms with Crippen molar-refractivity contribution in [2.45, 2.75) is 25.8 Å². The van der Waals surface area contributed by atoms with Crippen LogP contribution in [-0.2, 0) is 19.9 Å². The van der Waals surface area contributed by atoms with E-state index in [1.54, 1.807) is 0 Å². The van der Waals surface area contributed by atoms with Crippen molar-refractivity contribution >= 4 is 15.9 Å². The van der Waals surface area contributed by atoms with Crippen LogP contribution in [-0.4, -0.2) is 9.78 Å². The fraction of sp³-hybridized carbons (Fsp3) is 0.357. The molecule has 2 N–H and O–H groups in total. The van der Waals surface area contributed by atoms with Crippen molar-refractivity contribution in [1.82, 2.24) is 9.78 Å². The summed E-state index contributed by atoms with van der Waals surface area (Å²) in [5.41, 5.74) is 9.69. The number of aromatic nitrogens is 2. The molecule has 18 heavy (non-hydrogen) atoms. The number of nitrogens with two attached hydrogens (primary N) is 1. The zero-order valence-corrected chi connectivity index (χ0v) is 12.3. The van der Waals surface area contributed by atoms with Gasteiger partial charge in [0, 0.05) is 11.5 Å². The fourth-order valence-corrected chi connectivity index (χ4v) is 2.31. The number of halogens is 1. The molecule has 2 rings (SSSR count). The smallest absolute Gasteiger partial charge is 0.0625 e. The summed E-state index contributed by atoms with van der Waals surface area (Å²) in [6.45, 7) is 2.10. The van der Waals surface area contributed by atoms with Gasteiger partial charge in [-0.25, -0.2) is 0 Å². The van der Waals surface area contributed by atoms with E-state index in [2.05, 4.69) is 46.2 Å². The van der Waals surface area contributed by atoms with Crippen molar-refractivity contribution in [2.24, 2.45) is 12.8 Å². The van der Waals surface area contributed by atoms with Crippen LogP contribution in [0.5, 0.6) is 0 Å². The van der Waals surface area contributed by atoms with E-state index >= 15 is 0 Å². The molecule has 0 radical (unpaired) electrons. The van der Waals surface area contributed by atoms with Crippen LogP contribution in [0.4, 0.5) is 0 Å². The molecule has 0 aliphatic rings. The third-order valence-electron chi connectivity index (χ3n) is 3.08. The summed E-state index contributed by atoms with van der Waals surface area (Å²) in [4.78, 5) is 0. The molecule has 96 valence electrons. The molecule has 3 nitrogen and oxygen atoms in total. The van der Waals surface area contributed by atoms with Gasteiger partial charge in [-0.15, -0.1) is 0 Å². The summed E-state index contributed by atoms with van der Waals surface area (Å²) in [6, 6.07) is 10.4. The number of benzene rings is 1. The van der Waals surface area contributed by atoms with Gasteiger partial charge in [0.25, 0.3) is 0 Å². The average Bonchev–Trinajstić information content (AvgIpc) is 2.73. The van der Waals surface area contributed by atoms with Gasteiger partial charge in [-0.3, -0.25) is 4.68 Å². The Bertz CT molecular complexity index is 516. The Labute approximate surface area is 116 Å². The lowest BCUT2D eigenvalue weighted by Gasteiger charge is -2.12. The molecule has 0 aliphatic heterocycles. The molecule has 0 spiro atoms. The van der Waals surface area contributed by atoms with Gasteiger partial charge in [0.05, 0.1) is 17.4 Å². The molecule has 1 aromatic heterocycles. The van der Waals surface area contributed by atoms with Crippen molar-refractivity contribution in [3.05, 3.63) is 51.8 Å². The van der Waals surface area contributed by atoms with Crippen molar-refractivity contribution in [1.29, 1.82) is 0 Å². The summed E-state index contributed by atoms with van der Waals surface area (Å²) in [5, 5.41) is 4.44. The van der Waals surface area contributed by atoms with Crippen molar-refractivity contribution < 1.29 is 0 Å². The molecule has 2 aromatic rings. The van der Waals surface area contributed by atoms with E-state index < -0.39 is 0 Å². The van der Waals surface area contributed by atoms with Crippen molar-refractivity contribution in [2.75, 3.05) is 0 Å². The number of hydrogen-bond acceptors (Lipinski definition) is 2. The summed E-state index contributed by atoms with van der Waals surface area (Å²) >= 11 is 3.44. The standard InChI is InChI=1S/C14H18BrN3/c1-3-12-9-14(18(2)17-12)13(16)8-10-4-6-11(15)7-5-10/h4-7,9,13H,3,8,16H2,1-2H3. The zero-order valence-electron chi connectivity index (χ0n) is 10.7. The second-order valence-electron chi connectivity index (χ2n) is 4.47. The SMILES string of the molecule is CCc1cc(C(N)Cc2ccc(Br)cc2)n(C)n1. The summed E-state index contributed by atoms with van der Waals surface area (Å²) in [6.07, 6.45) is 1.77. The summed E-state index contributed by atoms with van der Waals surface area (Å²) < 4.78 is 2.98. The van der Waals surface area contributed by atoms with Crippen LogP contribution in [0.25, 0.3) is 0 Å². The first-order chi connectivity index (χ1) is 8.60. The van der Waals surface area contributed by atoms with Crippen LogP contribution < -0.4 is 5.73 Å². The van der Waals surface area contributed by atoms with Crippen molar-refractivity contribution in [3.8, 4) is 0 Å². The first-order valence-electron chi connectivity index (χ1n) is 6.13. The molecule has 0 amide bonds. The van der Waals surface area contributed by atoms with Gasteiger partial charge >= 0.3 is 0 Å². The van der Waals surface area contributed by atoms with Gasteiger partial charge in [0.2, 0.25) is 0 Å². The lowest BCUT2D eigenvalue weighted by molar-refractivity contribution is 0.614. The van der Waals surface area contributed by atoms with Gasteiger partial charge in [-0.05, 0) is 36.6 Å². The molecular weight excluding hydrogens is 290 g/mol. The highest BCUT2D eigenvalue weighted by molar-refractivity contribution is 9.10. The van der Waals surface area contributed by atoms with Gasteiger partial charge < -0.3 is 5.73 Å². The Morgan fingerprint density at radius 3 is 2.56 bits per heavy atom. The Hall–Kier alpha value is -1.13. The third-order valence-corrected chi connectivity index (χ3v) is 3.61. The monoisotopic (exact) mass is 307 g/mol. The van der Waals surface area contributed by atoms with Gasteiger partial charge in [0.15, 0.2) is 0 Å². The van der Waals surface area contributed by atoms with Crippen LogP contribution in [0.2, 0.25) is 0 Å². The largest absolute Gasteiger partial charge is 0.322 e. The fourth-order valence-electron chi connectivity index (χ4n) is 2.04. The normalized spacial score (nSPS) is 12.7. The van der Waals surface area contributed by atoms with E-state index in [1.807, 2.05) is 23.9 Å². The van der Waals surface area contributed by atoms with E-state index in [1.165, 1.54) is 5.56 Å². The van der Waals surface area contributed by atoms with Crippen LogP contribution in [0, 0.1) is 0 Å². The summed E-state index contributed by atoms with van der Waals surface area (Å²) in [5.74, 6) is 0. The van der Waals surface area contributed by atoms with Crippen molar-refractivity contribution in [3.63, 3.8) is 0 Å². The second-order valence-corrected chi connectivity index (χ2v) is 5.39. The number of nitrogens with zero attached hydrogens (tertiary/aromatic N) is 2. The highest BCUT2D eigenvalue weighted by Crippen LogP contribution is 2.18. The van der Waals surface area contributed by atoms with E-state index in [0.29, 0.717) is 0 Å². The molecular formula is C14H18BrN3. The first-order valence-corrected chi connectivity index (χ1v) is 6.92. The maximum atomic E-state index is 6.26. The average molecular weight is 308 g/mol. The quantitative estimate of drug-likeness (QED) is 0.943. The first kappa shape index (κ1) is 13.3. The van der Waals surface area contributed by atoms with Gasteiger partial charge in [0.1, 0.15) is 0 Å². The van der Waals surface area contributed by atoms with Gasteiger partial charge in [-0.2, -0.15) is 5.10 Å². The topological polar surface area (TPSA) is 43.8 Å². The zero-order chi connectivity index (χ0) is 13.1. The Kier molecular flexibility index (Phi) is 4.19. The molecule has 0 aliphatic carbocycles. The van der Waals surface area contributed by atoms with E-state index in [9.17, 15) is 0 Å². The number of rotatable bonds is 4. The molecule has 4 heteroatoms. The summed E-state index contributed by atoms with van der Waals surface area (Å²) in [7, 11) is 1.95. The molecule has 1 atom stereocenters. The minimum Gasteiger partial charge on any atom is -0.322 e. The van der Waals surface area contributed by atoms with Crippen LogP contribution in [0.1, 0.15) is 29.9 Å². The Morgan fingerprint density at radius 2 is 2.00 bits per heavy atom. The van der Waals surface area contributed by atoms with Crippen LogP contribution in [0.3, 0.4) is 0 Å². The lowest BCUT2D eigenvalue weighted by Crippen LogP contribution is -2.17. The Morgan fingerprint density at radius 1 is 1.33 bits per heavy atom. The van der Waals surface area contributed by atoms with E-state index in [0.717, 1.165) is 28.7 Å². The highest BCUT2D eigenvalue weighted by atomic mass is 79.9. The molecule has 0 saturated carbocycles. The minimum absolute atomic E-state index is 0.0102. The second kappa shape index (κ2) is 5.67. The van der Waals surface area contributed by atoms with Crippen LogP contribution in [0.15, 0.2) is 34.8 Å². The molecule has 1 heterocycles. The maximum Gasteiger partial charge on any atom is 0.0625 e. The third kappa shape index (κ3) is 3.00. The predicted molar refractivity (Wildman–Crippen MR) is 77.4 cm³/mol. The van der Waals surface area contributed by atoms with E-state index in [-0.39, 0.29) is 6.04 Å². The molecule has 0 fully saturated rings. The molecule has 0 bridgehead atoms. The van der Waals surface area contributed by atoms with E-state index in [4.69, 9.17) is 5.73 Å². The Balaban J connectivity index is 2.13. The molecule has 0 saturated heterocycles. The maximum absolute atomic E-state index is 6.26. The molecule has 1 unspecified atom stereocenters. The number of hydrogen-bond donors (Lipinski definition) is 1. The predicted octanol–water partition coefficient (Wildman–Crippen LogP) is 2.99.